The van der Waals surface area contributed by atoms with Crippen molar-refractivity contribution < 1.29 is 4.79 Å². The third-order valence-electron chi connectivity index (χ3n) is 5.69. The molecule has 28 heavy (non-hydrogen) atoms. The van der Waals surface area contributed by atoms with Crippen molar-refractivity contribution in [1.82, 2.24) is 14.5 Å². The maximum absolute atomic E-state index is 13.3. The van der Waals surface area contributed by atoms with Crippen LogP contribution in [-0.4, -0.2) is 40.1 Å². The highest BCUT2D eigenvalue weighted by atomic mass is 35.5. The number of hydrogen-bond donors (Lipinski definition) is 0. The summed E-state index contributed by atoms with van der Waals surface area (Å²) >= 11 is 6.05. The standard InChI is InChI=1S/C22H25ClN4O/c1-4-25(5-2)20-8-6-7-16-11-12-26(15(3)21(16)20)22(28)19-13-18-10-9-17(23)14-27(18)24-19/h6-10,13-15H,4-5,11-12H2,1-3H3. The molecule has 3 aromatic rings. The third kappa shape index (κ3) is 3.14. The number of anilines is 1. The van der Waals surface area contributed by atoms with E-state index in [0.717, 1.165) is 25.0 Å². The fourth-order valence-electron chi connectivity index (χ4n) is 4.22. The van der Waals surface area contributed by atoms with Gasteiger partial charge in [0, 0.05) is 37.1 Å². The van der Waals surface area contributed by atoms with Gasteiger partial charge in [0.1, 0.15) is 0 Å². The first kappa shape index (κ1) is 18.8. The van der Waals surface area contributed by atoms with Gasteiger partial charge < -0.3 is 9.80 Å². The lowest BCUT2D eigenvalue weighted by Crippen LogP contribution is -2.40. The molecule has 1 unspecified atom stereocenters. The van der Waals surface area contributed by atoms with Crippen molar-refractivity contribution in [2.75, 3.05) is 24.5 Å². The summed E-state index contributed by atoms with van der Waals surface area (Å²) in [5.41, 5.74) is 5.15. The van der Waals surface area contributed by atoms with Gasteiger partial charge in [0.2, 0.25) is 0 Å². The summed E-state index contributed by atoms with van der Waals surface area (Å²) < 4.78 is 1.67. The van der Waals surface area contributed by atoms with Crippen LogP contribution < -0.4 is 4.90 Å². The number of pyridine rings is 1. The summed E-state index contributed by atoms with van der Waals surface area (Å²) in [5.74, 6) is -0.0349. The maximum atomic E-state index is 13.3. The molecular weight excluding hydrogens is 372 g/mol. The molecule has 6 heteroatoms. The molecule has 0 saturated heterocycles. The number of hydrogen-bond acceptors (Lipinski definition) is 3. The number of benzene rings is 1. The van der Waals surface area contributed by atoms with Crippen LogP contribution in [0.3, 0.4) is 0 Å². The summed E-state index contributed by atoms with van der Waals surface area (Å²) in [7, 11) is 0. The van der Waals surface area contributed by atoms with Crippen molar-refractivity contribution in [2.45, 2.75) is 33.2 Å². The minimum absolute atomic E-state index is 0.00134. The van der Waals surface area contributed by atoms with Gasteiger partial charge in [-0.2, -0.15) is 5.10 Å². The van der Waals surface area contributed by atoms with Gasteiger partial charge in [0.25, 0.3) is 5.91 Å². The van der Waals surface area contributed by atoms with Crippen molar-refractivity contribution in [1.29, 1.82) is 0 Å². The van der Waals surface area contributed by atoms with Crippen molar-refractivity contribution in [3.63, 3.8) is 0 Å². The van der Waals surface area contributed by atoms with E-state index < -0.39 is 0 Å². The van der Waals surface area contributed by atoms with E-state index in [9.17, 15) is 4.79 Å². The molecule has 1 atom stereocenters. The number of aromatic nitrogens is 2. The van der Waals surface area contributed by atoms with Gasteiger partial charge in [0.05, 0.1) is 16.6 Å². The van der Waals surface area contributed by atoms with Crippen LogP contribution in [0.2, 0.25) is 5.02 Å². The average molecular weight is 397 g/mol. The number of nitrogens with zero attached hydrogens (tertiary/aromatic N) is 4. The number of fused-ring (bicyclic) bond motifs is 2. The predicted molar refractivity (Wildman–Crippen MR) is 113 cm³/mol. The summed E-state index contributed by atoms with van der Waals surface area (Å²) in [6.07, 6.45) is 2.58. The second-order valence-electron chi connectivity index (χ2n) is 7.19. The van der Waals surface area contributed by atoms with Gasteiger partial charge in [-0.1, -0.05) is 23.7 Å². The van der Waals surface area contributed by atoms with Crippen LogP contribution in [0.25, 0.3) is 5.52 Å². The van der Waals surface area contributed by atoms with Gasteiger partial charge in [-0.05, 0) is 57.0 Å². The summed E-state index contributed by atoms with van der Waals surface area (Å²) in [6, 6.07) is 12.0. The molecule has 0 radical (unpaired) electrons. The Morgan fingerprint density at radius 2 is 2.04 bits per heavy atom. The molecule has 0 spiro atoms. The van der Waals surface area contributed by atoms with Crippen molar-refractivity contribution in [2.24, 2.45) is 0 Å². The number of carbonyl (C=O) groups is 1. The summed E-state index contributed by atoms with van der Waals surface area (Å²) in [6.45, 7) is 9.04. The van der Waals surface area contributed by atoms with Gasteiger partial charge in [-0.25, -0.2) is 4.52 Å². The summed E-state index contributed by atoms with van der Waals surface area (Å²) in [5, 5.41) is 5.06. The van der Waals surface area contributed by atoms with E-state index in [1.807, 2.05) is 23.1 Å². The SMILES string of the molecule is CCN(CC)c1cccc2c1C(C)N(C(=O)c1cc3ccc(Cl)cn3n1)CC2. The molecule has 0 saturated carbocycles. The Hall–Kier alpha value is -2.53. The van der Waals surface area contributed by atoms with E-state index in [1.165, 1.54) is 16.8 Å². The van der Waals surface area contributed by atoms with Crippen molar-refractivity contribution in [3.8, 4) is 0 Å². The van der Waals surface area contributed by atoms with Gasteiger partial charge >= 0.3 is 0 Å². The topological polar surface area (TPSA) is 40.9 Å². The van der Waals surface area contributed by atoms with Crippen molar-refractivity contribution >= 4 is 28.7 Å². The molecule has 0 fully saturated rings. The molecule has 1 aliphatic heterocycles. The van der Waals surface area contributed by atoms with E-state index in [4.69, 9.17) is 11.6 Å². The van der Waals surface area contributed by atoms with E-state index in [1.54, 1.807) is 10.7 Å². The van der Waals surface area contributed by atoms with Gasteiger partial charge in [-0.3, -0.25) is 4.79 Å². The lowest BCUT2D eigenvalue weighted by molar-refractivity contribution is 0.0671. The number of amides is 1. The number of halogens is 1. The molecule has 1 aromatic carbocycles. The monoisotopic (exact) mass is 396 g/mol. The lowest BCUT2D eigenvalue weighted by Gasteiger charge is -2.38. The quantitative estimate of drug-likeness (QED) is 0.647. The Bertz CT molecular complexity index is 1020. The Morgan fingerprint density at radius 3 is 2.79 bits per heavy atom. The lowest BCUT2D eigenvalue weighted by atomic mass is 9.91. The van der Waals surface area contributed by atoms with Crippen LogP contribution in [0, 0.1) is 0 Å². The molecule has 4 rings (SSSR count). The smallest absolute Gasteiger partial charge is 0.274 e. The van der Waals surface area contributed by atoms with E-state index >= 15 is 0 Å². The second-order valence-corrected chi connectivity index (χ2v) is 7.63. The van der Waals surface area contributed by atoms with E-state index in [-0.39, 0.29) is 11.9 Å². The third-order valence-corrected chi connectivity index (χ3v) is 5.91. The van der Waals surface area contributed by atoms with Crippen LogP contribution >= 0.6 is 11.6 Å². The van der Waals surface area contributed by atoms with Crippen LogP contribution in [0.1, 0.15) is 48.4 Å². The fourth-order valence-corrected chi connectivity index (χ4v) is 4.38. The van der Waals surface area contributed by atoms with Crippen LogP contribution in [0.5, 0.6) is 0 Å². The van der Waals surface area contributed by atoms with Crippen LogP contribution in [0.15, 0.2) is 42.6 Å². The average Bonchev–Trinajstić information content (AvgIpc) is 3.12. The highest BCUT2D eigenvalue weighted by molar-refractivity contribution is 6.30. The number of rotatable bonds is 4. The van der Waals surface area contributed by atoms with Gasteiger partial charge in [-0.15, -0.1) is 0 Å². The molecule has 3 heterocycles. The number of carbonyl (C=O) groups excluding carboxylic acids is 1. The van der Waals surface area contributed by atoms with Crippen molar-refractivity contribution in [3.05, 3.63) is 64.4 Å². The Kier molecular flexibility index (Phi) is 5.02. The molecule has 1 aliphatic rings. The maximum Gasteiger partial charge on any atom is 0.274 e. The van der Waals surface area contributed by atoms with Crippen LogP contribution in [0.4, 0.5) is 5.69 Å². The molecule has 0 bridgehead atoms. The Balaban J connectivity index is 1.70. The fraction of sp³-hybridized carbons (Fsp3) is 0.364. The van der Waals surface area contributed by atoms with E-state index in [0.29, 0.717) is 17.3 Å². The largest absolute Gasteiger partial charge is 0.372 e. The van der Waals surface area contributed by atoms with Crippen LogP contribution in [-0.2, 0) is 6.42 Å². The minimum atomic E-state index is -0.0349. The minimum Gasteiger partial charge on any atom is -0.372 e. The van der Waals surface area contributed by atoms with Gasteiger partial charge in [0.15, 0.2) is 5.69 Å². The summed E-state index contributed by atoms with van der Waals surface area (Å²) in [4.78, 5) is 17.6. The second kappa shape index (κ2) is 7.47. The molecule has 2 aromatic heterocycles. The molecule has 0 aliphatic carbocycles. The zero-order valence-corrected chi connectivity index (χ0v) is 17.3. The zero-order valence-electron chi connectivity index (χ0n) is 16.5. The first-order chi connectivity index (χ1) is 13.5. The predicted octanol–water partition coefficient (Wildman–Crippen LogP) is 4.59. The highest BCUT2D eigenvalue weighted by Crippen LogP contribution is 2.37. The first-order valence-electron chi connectivity index (χ1n) is 9.86. The Labute approximate surface area is 170 Å². The molecule has 0 N–H and O–H groups in total. The van der Waals surface area contributed by atoms with E-state index in [2.05, 4.69) is 49.0 Å². The molecule has 146 valence electrons. The normalized spacial score (nSPS) is 16.3. The molecule has 5 nitrogen and oxygen atoms in total. The molecular formula is C22H25ClN4O. The first-order valence-corrected chi connectivity index (χ1v) is 10.2. The highest BCUT2D eigenvalue weighted by Gasteiger charge is 2.32. The molecule has 1 amide bonds. The zero-order chi connectivity index (χ0) is 19.8. The Morgan fingerprint density at radius 1 is 1.25 bits per heavy atom.